The third-order valence-corrected chi connectivity index (χ3v) is 3.90. The van der Waals surface area contributed by atoms with Crippen molar-refractivity contribution >= 4 is 29.0 Å². The van der Waals surface area contributed by atoms with E-state index in [9.17, 15) is 14.7 Å². The van der Waals surface area contributed by atoms with Crippen molar-refractivity contribution in [3.63, 3.8) is 0 Å². The van der Waals surface area contributed by atoms with Crippen molar-refractivity contribution in [1.29, 1.82) is 0 Å². The predicted octanol–water partition coefficient (Wildman–Crippen LogP) is 2.01. The molecular weight excluding hydrogens is 294 g/mol. The number of carbonyl (C=O) groups excluding carboxylic acids is 2. The van der Waals surface area contributed by atoms with Crippen molar-refractivity contribution in [3.05, 3.63) is 29.3 Å². The van der Waals surface area contributed by atoms with Gasteiger partial charge in [-0.3, -0.25) is 4.79 Å². The van der Waals surface area contributed by atoms with Crippen molar-refractivity contribution in [3.8, 4) is 0 Å². The van der Waals surface area contributed by atoms with Crippen molar-refractivity contribution in [2.24, 2.45) is 5.92 Å². The van der Waals surface area contributed by atoms with Crippen LogP contribution < -0.4 is 4.90 Å². The Morgan fingerprint density at radius 3 is 2.57 bits per heavy atom. The van der Waals surface area contributed by atoms with E-state index >= 15 is 0 Å². The molecule has 6 heteroatoms. The number of hydrogen-bond acceptors (Lipinski definition) is 5. The van der Waals surface area contributed by atoms with E-state index < -0.39 is 23.9 Å². The van der Waals surface area contributed by atoms with Crippen molar-refractivity contribution in [2.75, 3.05) is 11.5 Å². The lowest BCUT2D eigenvalue weighted by molar-refractivity contribution is -0.156. The number of hydrogen-bond donors (Lipinski definition) is 1. The van der Waals surface area contributed by atoms with E-state index in [4.69, 9.17) is 16.3 Å². The van der Waals surface area contributed by atoms with E-state index in [0.717, 1.165) is 5.69 Å². The van der Waals surface area contributed by atoms with Gasteiger partial charge in [-0.25, -0.2) is 4.79 Å². The van der Waals surface area contributed by atoms with Crippen LogP contribution in [-0.2, 0) is 14.3 Å². The van der Waals surface area contributed by atoms with Crippen LogP contribution in [0.15, 0.2) is 24.3 Å². The van der Waals surface area contributed by atoms with Crippen molar-refractivity contribution < 1.29 is 19.4 Å². The van der Waals surface area contributed by atoms with Crippen LogP contribution in [0, 0.1) is 5.92 Å². The quantitative estimate of drug-likeness (QED) is 0.680. The van der Waals surface area contributed by atoms with Gasteiger partial charge in [-0.1, -0.05) is 11.6 Å². The largest absolute Gasteiger partial charge is 0.460 e. The number of ether oxygens (including phenoxy) is 1. The topological polar surface area (TPSA) is 66.8 Å². The number of benzene rings is 1. The maximum Gasteiger partial charge on any atom is 0.375 e. The predicted molar refractivity (Wildman–Crippen MR) is 79.1 cm³/mol. The second-order valence-corrected chi connectivity index (χ2v) is 5.51. The third kappa shape index (κ3) is 3.19. The van der Waals surface area contributed by atoms with E-state index in [0.29, 0.717) is 11.4 Å². The van der Waals surface area contributed by atoms with Gasteiger partial charge in [-0.15, -0.1) is 0 Å². The van der Waals surface area contributed by atoms with Crippen LogP contribution in [0.1, 0.15) is 20.3 Å². The van der Waals surface area contributed by atoms with Gasteiger partial charge in [0.05, 0.1) is 12.5 Å². The molecule has 1 heterocycles. The Bertz CT molecular complexity index is 531. The van der Waals surface area contributed by atoms with Crippen LogP contribution in [0.2, 0.25) is 5.02 Å². The number of aliphatic hydroxyl groups excluding tert-OH is 1. The van der Waals surface area contributed by atoms with Gasteiger partial charge in [0.25, 0.3) is 0 Å². The summed E-state index contributed by atoms with van der Waals surface area (Å²) in [5.41, 5.74) is 0.763. The molecule has 0 amide bonds. The first-order valence-electron chi connectivity index (χ1n) is 6.88. The Balaban J connectivity index is 2.18. The van der Waals surface area contributed by atoms with E-state index in [2.05, 4.69) is 0 Å². The zero-order chi connectivity index (χ0) is 15.6. The molecule has 1 aliphatic rings. The normalized spacial score (nSPS) is 25.0. The highest BCUT2D eigenvalue weighted by Crippen LogP contribution is 2.34. The van der Waals surface area contributed by atoms with Crippen LogP contribution in [0.25, 0.3) is 0 Å². The van der Waals surface area contributed by atoms with Crippen LogP contribution in [-0.4, -0.2) is 35.7 Å². The highest BCUT2D eigenvalue weighted by Gasteiger charge is 2.44. The monoisotopic (exact) mass is 311 g/mol. The van der Waals surface area contributed by atoms with Crippen LogP contribution in [0.4, 0.5) is 5.69 Å². The summed E-state index contributed by atoms with van der Waals surface area (Å²) in [6, 6.07) is 6.93. The minimum atomic E-state index is -1.04. The second-order valence-electron chi connectivity index (χ2n) is 5.07. The van der Waals surface area contributed by atoms with Gasteiger partial charge in [0.2, 0.25) is 5.78 Å². The molecule has 0 aliphatic carbocycles. The zero-order valence-corrected chi connectivity index (χ0v) is 12.7. The molecule has 0 bridgehead atoms. The SMILES string of the molecule is CCOC(=O)C(=O)C1C[C@H](C)N(c2ccc(Cl)cc2)C1O. The third-order valence-electron chi connectivity index (χ3n) is 3.65. The fourth-order valence-electron chi connectivity index (χ4n) is 2.67. The number of Topliss-reactive ketones (excluding diaryl/α,β-unsaturated/α-hetero) is 1. The minimum Gasteiger partial charge on any atom is -0.460 e. The van der Waals surface area contributed by atoms with Crippen LogP contribution >= 0.6 is 11.6 Å². The van der Waals surface area contributed by atoms with Crippen molar-refractivity contribution in [1.82, 2.24) is 0 Å². The number of anilines is 1. The highest BCUT2D eigenvalue weighted by molar-refractivity contribution is 6.34. The number of rotatable bonds is 4. The summed E-state index contributed by atoms with van der Waals surface area (Å²) in [7, 11) is 0. The summed E-state index contributed by atoms with van der Waals surface area (Å²) in [5, 5.41) is 11.0. The maximum absolute atomic E-state index is 12.0. The molecule has 0 radical (unpaired) electrons. The molecule has 0 spiro atoms. The average molecular weight is 312 g/mol. The molecule has 1 aliphatic heterocycles. The fraction of sp³-hybridized carbons (Fsp3) is 0.467. The number of esters is 1. The summed E-state index contributed by atoms with van der Waals surface area (Å²) < 4.78 is 4.72. The molecule has 114 valence electrons. The van der Waals surface area contributed by atoms with Gasteiger partial charge in [0.15, 0.2) is 0 Å². The van der Waals surface area contributed by atoms with E-state index in [1.807, 2.05) is 6.92 Å². The van der Waals surface area contributed by atoms with Crippen LogP contribution in [0.3, 0.4) is 0 Å². The van der Waals surface area contributed by atoms with Crippen molar-refractivity contribution in [2.45, 2.75) is 32.5 Å². The first-order chi connectivity index (χ1) is 9.95. The molecule has 21 heavy (non-hydrogen) atoms. The summed E-state index contributed by atoms with van der Waals surface area (Å²) in [6.07, 6.45) is -0.639. The Morgan fingerprint density at radius 1 is 1.38 bits per heavy atom. The standard InChI is InChI=1S/C15H18ClNO4/c1-3-21-15(20)13(18)12-8-9(2)17(14(12)19)11-6-4-10(16)5-7-11/h4-7,9,12,14,19H,3,8H2,1-2H3/t9-,12?,14?/m0/s1. The molecule has 1 aromatic rings. The van der Waals surface area contributed by atoms with Gasteiger partial charge in [-0.2, -0.15) is 0 Å². The average Bonchev–Trinajstić information content (AvgIpc) is 2.75. The number of ketones is 1. The molecule has 2 rings (SSSR count). The molecule has 1 fully saturated rings. The first-order valence-corrected chi connectivity index (χ1v) is 7.26. The Labute approximate surface area is 128 Å². The number of halogens is 1. The zero-order valence-electron chi connectivity index (χ0n) is 12.0. The highest BCUT2D eigenvalue weighted by atomic mass is 35.5. The lowest BCUT2D eigenvalue weighted by Gasteiger charge is -2.28. The van der Waals surface area contributed by atoms with Gasteiger partial charge >= 0.3 is 5.97 Å². The Kier molecular flexibility index (Phi) is 4.85. The summed E-state index contributed by atoms with van der Waals surface area (Å²) >= 11 is 5.85. The molecule has 2 unspecified atom stereocenters. The Morgan fingerprint density at radius 2 is 2.00 bits per heavy atom. The van der Waals surface area contributed by atoms with E-state index in [1.54, 1.807) is 36.1 Å². The first kappa shape index (κ1) is 15.8. The van der Waals surface area contributed by atoms with Gasteiger partial charge in [0.1, 0.15) is 6.23 Å². The number of carbonyl (C=O) groups is 2. The maximum atomic E-state index is 12.0. The summed E-state index contributed by atoms with van der Waals surface area (Å²) in [5.74, 6) is -2.32. The molecule has 0 aromatic heterocycles. The minimum absolute atomic E-state index is 0.0652. The molecule has 5 nitrogen and oxygen atoms in total. The molecule has 1 saturated heterocycles. The molecule has 3 atom stereocenters. The van der Waals surface area contributed by atoms with E-state index in [1.165, 1.54) is 0 Å². The molecule has 1 aromatic carbocycles. The van der Waals surface area contributed by atoms with Crippen LogP contribution in [0.5, 0.6) is 0 Å². The van der Waals surface area contributed by atoms with Gasteiger partial charge in [-0.05, 0) is 44.5 Å². The molecular formula is C15H18ClNO4. The Hall–Kier alpha value is -1.59. The lowest BCUT2D eigenvalue weighted by Crippen LogP contribution is -2.39. The second kappa shape index (κ2) is 6.45. The van der Waals surface area contributed by atoms with Gasteiger partial charge in [0, 0.05) is 16.8 Å². The fourth-order valence-corrected chi connectivity index (χ4v) is 2.80. The number of nitrogens with zero attached hydrogens (tertiary/aromatic N) is 1. The molecule has 1 N–H and O–H groups in total. The number of aliphatic hydroxyl groups is 1. The summed E-state index contributed by atoms with van der Waals surface area (Å²) in [6.45, 7) is 3.68. The molecule has 0 saturated carbocycles. The summed E-state index contributed by atoms with van der Waals surface area (Å²) in [4.78, 5) is 25.3. The lowest BCUT2D eigenvalue weighted by atomic mass is 10.00. The smallest absolute Gasteiger partial charge is 0.375 e. The van der Waals surface area contributed by atoms with E-state index in [-0.39, 0.29) is 12.6 Å². The van der Waals surface area contributed by atoms with Gasteiger partial charge < -0.3 is 14.7 Å².